The molecule has 0 aliphatic carbocycles. The molecule has 1 atom stereocenters. The predicted molar refractivity (Wildman–Crippen MR) is 36.9 cm³/mol. The average molecular weight is 169 g/mol. The van der Waals surface area contributed by atoms with Crippen LogP contribution in [0.5, 0.6) is 0 Å². The van der Waals surface area contributed by atoms with Crippen molar-refractivity contribution in [1.82, 2.24) is 5.06 Å². The van der Waals surface area contributed by atoms with E-state index < -0.39 is 8.60 Å². The molecule has 10 heavy (non-hydrogen) atoms. The second kappa shape index (κ2) is 5.97. The Bertz CT molecular complexity index is 83.7. The molecule has 0 amide bonds. The largest absolute Gasteiger partial charge is 0.395 e. The minimum absolute atomic E-state index is 0.0105. The van der Waals surface area contributed by atoms with Gasteiger partial charge in [-0.05, 0) is 0 Å². The highest BCUT2D eigenvalue weighted by molar-refractivity contribution is 7.40. The van der Waals surface area contributed by atoms with Gasteiger partial charge in [-0.25, -0.2) is 4.62 Å². The third-order valence-electron chi connectivity index (χ3n) is 0.780. The molecular formula is C4H12NO4P. The van der Waals surface area contributed by atoms with E-state index in [1.165, 1.54) is 12.2 Å². The van der Waals surface area contributed by atoms with Gasteiger partial charge in [0.15, 0.2) is 0 Å². The van der Waals surface area contributed by atoms with Gasteiger partial charge in [-0.1, -0.05) is 0 Å². The summed E-state index contributed by atoms with van der Waals surface area (Å²) in [5.41, 5.74) is 0. The van der Waals surface area contributed by atoms with Gasteiger partial charge in [-0.3, -0.25) is 0 Å². The van der Waals surface area contributed by atoms with Crippen molar-refractivity contribution in [2.24, 2.45) is 0 Å². The van der Waals surface area contributed by atoms with Gasteiger partial charge in [-0.15, -0.1) is 0 Å². The Morgan fingerprint density at radius 3 is 2.60 bits per heavy atom. The zero-order valence-corrected chi connectivity index (χ0v) is 6.91. The number of hydrogen-bond acceptors (Lipinski definition) is 5. The summed E-state index contributed by atoms with van der Waals surface area (Å²) < 4.78 is 9.15. The molecular weight excluding hydrogens is 157 g/mol. The Hall–Kier alpha value is 0.230. The summed E-state index contributed by atoms with van der Waals surface area (Å²) in [6, 6.07) is 0. The molecule has 0 radical (unpaired) electrons. The number of aliphatic hydroxyl groups is 1. The Morgan fingerprint density at radius 2 is 2.20 bits per heavy atom. The first-order valence-electron chi connectivity index (χ1n) is 2.74. The maximum Gasteiger partial charge on any atom is 0.347 e. The summed E-state index contributed by atoms with van der Waals surface area (Å²) in [4.78, 5) is 8.75. The van der Waals surface area contributed by atoms with Gasteiger partial charge in [0.25, 0.3) is 0 Å². The van der Waals surface area contributed by atoms with E-state index in [9.17, 15) is 0 Å². The van der Waals surface area contributed by atoms with Crippen molar-refractivity contribution in [3.63, 3.8) is 0 Å². The van der Waals surface area contributed by atoms with Crippen molar-refractivity contribution in [1.29, 1.82) is 0 Å². The molecule has 1 unspecified atom stereocenters. The second-order valence-corrected chi connectivity index (χ2v) is 2.58. The lowest BCUT2D eigenvalue weighted by molar-refractivity contribution is -0.0541. The van der Waals surface area contributed by atoms with Crippen LogP contribution < -0.4 is 0 Å². The summed E-state index contributed by atoms with van der Waals surface area (Å²) in [6.45, 7) is 0.339. The molecule has 6 heteroatoms. The summed E-state index contributed by atoms with van der Waals surface area (Å²) >= 11 is 0. The molecule has 0 aromatic rings. The topological polar surface area (TPSA) is 62.2 Å². The number of likely N-dealkylation sites (N-methyl/N-ethyl adjacent to an activating group) is 1. The van der Waals surface area contributed by atoms with Gasteiger partial charge in [0, 0.05) is 20.7 Å². The monoisotopic (exact) mass is 169 g/mol. The lowest BCUT2D eigenvalue weighted by Crippen LogP contribution is -2.20. The van der Waals surface area contributed by atoms with E-state index in [2.05, 4.69) is 4.52 Å². The molecule has 62 valence electrons. The van der Waals surface area contributed by atoms with Gasteiger partial charge < -0.3 is 14.5 Å². The standard InChI is InChI=1S/C4H12NO4P/c1-5(3-4-6)9-10(7)8-2/h6-7H,3-4H2,1-2H3. The van der Waals surface area contributed by atoms with Gasteiger partial charge in [0.05, 0.1) is 6.61 Å². The highest BCUT2D eigenvalue weighted by atomic mass is 31.2. The fourth-order valence-electron chi connectivity index (χ4n) is 0.334. The third kappa shape index (κ3) is 5.05. The van der Waals surface area contributed by atoms with Crippen LogP contribution in [-0.4, -0.2) is 42.4 Å². The van der Waals surface area contributed by atoms with Crippen LogP contribution in [-0.2, 0) is 9.15 Å². The van der Waals surface area contributed by atoms with E-state index in [-0.39, 0.29) is 6.61 Å². The summed E-state index contributed by atoms with van der Waals surface area (Å²) in [7, 11) is 1.13. The zero-order valence-electron chi connectivity index (χ0n) is 6.02. The number of aliphatic hydroxyl groups excluding tert-OH is 1. The molecule has 0 aliphatic heterocycles. The molecule has 2 N–H and O–H groups in total. The maximum atomic E-state index is 8.75. The van der Waals surface area contributed by atoms with Gasteiger partial charge in [0.1, 0.15) is 0 Å². The van der Waals surface area contributed by atoms with Crippen LogP contribution in [0, 0.1) is 0 Å². The van der Waals surface area contributed by atoms with E-state index in [1.54, 1.807) is 7.05 Å². The minimum Gasteiger partial charge on any atom is -0.395 e. The van der Waals surface area contributed by atoms with Crippen LogP contribution in [0.1, 0.15) is 0 Å². The minimum atomic E-state index is -1.81. The van der Waals surface area contributed by atoms with Gasteiger partial charge >= 0.3 is 8.60 Å². The maximum absolute atomic E-state index is 8.75. The summed E-state index contributed by atoms with van der Waals surface area (Å²) in [5.74, 6) is 0. The van der Waals surface area contributed by atoms with Crippen molar-refractivity contribution in [2.75, 3.05) is 27.3 Å². The predicted octanol–water partition coefficient (Wildman–Crippen LogP) is -0.292. The van der Waals surface area contributed by atoms with Crippen LogP contribution in [0.3, 0.4) is 0 Å². The Kier molecular flexibility index (Phi) is 6.11. The highest BCUT2D eigenvalue weighted by Gasteiger charge is 2.07. The number of hydrogen-bond donors (Lipinski definition) is 2. The first kappa shape index (κ1) is 10.2. The first-order valence-corrected chi connectivity index (χ1v) is 3.87. The Balaban J connectivity index is 3.27. The van der Waals surface area contributed by atoms with Gasteiger partial charge in [-0.2, -0.15) is 5.06 Å². The molecule has 0 heterocycles. The Labute approximate surface area is 61.1 Å². The van der Waals surface area contributed by atoms with Crippen LogP contribution >= 0.6 is 8.60 Å². The molecule has 0 aromatic carbocycles. The molecule has 0 saturated heterocycles. The van der Waals surface area contributed by atoms with Crippen LogP contribution in [0.15, 0.2) is 0 Å². The normalized spacial score (nSPS) is 14.1. The van der Waals surface area contributed by atoms with E-state index in [1.807, 2.05) is 0 Å². The quantitative estimate of drug-likeness (QED) is 0.437. The highest BCUT2D eigenvalue weighted by Crippen LogP contribution is 2.31. The SMILES string of the molecule is COP(O)ON(C)CCO. The average Bonchev–Trinajstić information content (AvgIpc) is 1.88. The lowest BCUT2D eigenvalue weighted by atomic mass is 10.7. The first-order chi connectivity index (χ1) is 4.70. The van der Waals surface area contributed by atoms with Crippen LogP contribution in [0.2, 0.25) is 0 Å². The van der Waals surface area contributed by atoms with Crippen molar-refractivity contribution in [3.8, 4) is 0 Å². The summed E-state index contributed by atoms with van der Waals surface area (Å²) in [5, 5.41) is 9.70. The van der Waals surface area contributed by atoms with E-state index in [0.29, 0.717) is 6.54 Å². The molecule has 0 saturated carbocycles. The van der Waals surface area contributed by atoms with Crippen molar-refractivity contribution in [3.05, 3.63) is 0 Å². The van der Waals surface area contributed by atoms with Crippen LogP contribution in [0.25, 0.3) is 0 Å². The Morgan fingerprint density at radius 1 is 1.60 bits per heavy atom. The summed E-state index contributed by atoms with van der Waals surface area (Å²) in [6.07, 6.45) is 0. The van der Waals surface area contributed by atoms with E-state index in [0.717, 1.165) is 0 Å². The van der Waals surface area contributed by atoms with Crippen LogP contribution in [0.4, 0.5) is 0 Å². The number of hydroxylamine groups is 2. The lowest BCUT2D eigenvalue weighted by Gasteiger charge is -2.16. The number of nitrogens with zero attached hydrogens (tertiary/aromatic N) is 1. The zero-order chi connectivity index (χ0) is 7.98. The van der Waals surface area contributed by atoms with E-state index >= 15 is 0 Å². The molecule has 0 aromatic heterocycles. The second-order valence-electron chi connectivity index (χ2n) is 1.58. The fraction of sp³-hybridized carbons (Fsp3) is 1.00. The smallest absolute Gasteiger partial charge is 0.347 e. The molecule has 0 fully saturated rings. The fourth-order valence-corrected chi connectivity index (χ4v) is 0.721. The molecule has 5 nitrogen and oxygen atoms in total. The molecule has 0 rings (SSSR count). The molecule has 0 aliphatic rings. The van der Waals surface area contributed by atoms with Crippen molar-refractivity contribution in [2.45, 2.75) is 0 Å². The van der Waals surface area contributed by atoms with Crippen molar-refractivity contribution >= 4 is 8.60 Å². The van der Waals surface area contributed by atoms with E-state index in [4.69, 9.17) is 14.6 Å². The van der Waals surface area contributed by atoms with Gasteiger partial charge in [0.2, 0.25) is 0 Å². The molecule has 0 bridgehead atoms. The number of rotatable bonds is 5. The third-order valence-corrected chi connectivity index (χ3v) is 1.51. The van der Waals surface area contributed by atoms with Crippen molar-refractivity contribution < 1.29 is 19.1 Å². The molecule has 0 spiro atoms.